The second kappa shape index (κ2) is 8.07. The summed E-state index contributed by atoms with van der Waals surface area (Å²) < 4.78 is 41.1. The lowest BCUT2D eigenvalue weighted by atomic mass is 9.98. The van der Waals surface area contributed by atoms with Crippen molar-refractivity contribution in [1.82, 2.24) is 14.6 Å². The van der Waals surface area contributed by atoms with Gasteiger partial charge in [0.1, 0.15) is 5.82 Å². The third kappa shape index (κ3) is 4.08. The van der Waals surface area contributed by atoms with Crippen molar-refractivity contribution in [3.8, 4) is 11.3 Å². The summed E-state index contributed by atoms with van der Waals surface area (Å²) in [5.41, 5.74) is 1.26. The molecule has 0 saturated carbocycles. The number of nitrogens with zero attached hydrogens (tertiary/aromatic N) is 4. The molecule has 3 heterocycles. The minimum atomic E-state index is -4.44. The zero-order valence-corrected chi connectivity index (χ0v) is 17.8. The molecule has 0 amide bonds. The molecule has 1 saturated heterocycles. The van der Waals surface area contributed by atoms with E-state index in [9.17, 15) is 23.1 Å². The summed E-state index contributed by atoms with van der Waals surface area (Å²) in [5, 5.41) is 14.1. The Kier molecular flexibility index (Phi) is 5.59. The van der Waals surface area contributed by atoms with Gasteiger partial charge >= 0.3 is 12.1 Å². The van der Waals surface area contributed by atoms with Crippen molar-refractivity contribution in [2.75, 3.05) is 24.2 Å². The lowest BCUT2D eigenvalue weighted by molar-refractivity contribution is -0.142. The lowest BCUT2D eigenvalue weighted by Crippen LogP contribution is -2.40. The van der Waals surface area contributed by atoms with Gasteiger partial charge in [-0.1, -0.05) is 12.1 Å². The van der Waals surface area contributed by atoms with Crippen molar-refractivity contribution in [2.45, 2.75) is 30.8 Å². The van der Waals surface area contributed by atoms with Crippen molar-refractivity contribution in [2.24, 2.45) is 5.92 Å². The summed E-state index contributed by atoms with van der Waals surface area (Å²) in [6.45, 7) is 2.89. The topological polar surface area (TPSA) is 70.7 Å². The fourth-order valence-electron chi connectivity index (χ4n) is 3.97. The molecule has 0 bridgehead atoms. The van der Waals surface area contributed by atoms with E-state index >= 15 is 0 Å². The molecule has 6 nitrogen and oxygen atoms in total. The predicted molar refractivity (Wildman–Crippen MR) is 113 cm³/mol. The third-order valence-corrected chi connectivity index (χ3v) is 6.35. The highest BCUT2D eigenvalue weighted by molar-refractivity contribution is 7.98. The number of benzene rings is 1. The van der Waals surface area contributed by atoms with E-state index in [2.05, 4.69) is 10.1 Å². The van der Waals surface area contributed by atoms with E-state index in [1.165, 1.54) is 17.8 Å². The first-order chi connectivity index (χ1) is 14.7. The number of aliphatic carboxylic acids is 1. The van der Waals surface area contributed by atoms with Crippen LogP contribution in [-0.4, -0.2) is 45.0 Å². The molecule has 0 aliphatic carbocycles. The molecule has 3 aromatic rings. The number of halogens is 3. The van der Waals surface area contributed by atoms with Gasteiger partial charge in [0.15, 0.2) is 5.65 Å². The second-order valence-corrected chi connectivity index (χ2v) is 8.37. The number of carboxylic acids is 1. The van der Waals surface area contributed by atoms with Gasteiger partial charge in [0.25, 0.3) is 0 Å². The highest BCUT2D eigenvalue weighted by Crippen LogP contribution is 2.36. The Labute approximate surface area is 181 Å². The Bertz CT molecular complexity index is 1150. The molecule has 1 aromatic carbocycles. The average molecular weight is 450 g/mol. The van der Waals surface area contributed by atoms with Crippen molar-refractivity contribution < 1.29 is 23.1 Å². The first-order valence-corrected chi connectivity index (χ1v) is 11.0. The molecule has 4 rings (SSSR count). The number of hydrogen-bond donors (Lipinski definition) is 1. The molecule has 0 spiro atoms. The standard InChI is InChI=1S/C21H21F3N4O2S/c1-12-18(31-2)19(27-8-4-6-14(11-27)20(29)30)28-17(25-12)10-16(26-28)13-5-3-7-15(9-13)21(22,23)24/h3,5,7,9-10,14H,4,6,8,11H2,1-2H3,(H,29,30). The minimum absolute atomic E-state index is 0.344. The van der Waals surface area contributed by atoms with Gasteiger partial charge in [-0.25, -0.2) is 4.98 Å². The molecule has 1 fully saturated rings. The number of carboxylic acid groups (broad SMARTS) is 1. The number of carbonyl (C=O) groups is 1. The fourth-order valence-corrected chi connectivity index (χ4v) is 4.71. The number of hydrogen-bond acceptors (Lipinski definition) is 5. The van der Waals surface area contributed by atoms with Crippen molar-refractivity contribution >= 4 is 29.2 Å². The summed E-state index contributed by atoms with van der Waals surface area (Å²) in [6, 6.07) is 6.70. The van der Waals surface area contributed by atoms with Crippen LogP contribution in [0, 0.1) is 12.8 Å². The number of rotatable bonds is 4. The monoisotopic (exact) mass is 450 g/mol. The summed E-state index contributed by atoms with van der Waals surface area (Å²) in [7, 11) is 0. The highest BCUT2D eigenvalue weighted by Gasteiger charge is 2.31. The van der Waals surface area contributed by atoms with E-state index in [1.807, 2.05) is 18.1 Å². The normalized spacial score (nSPS) is 17.3. The maximum Gasteiger partial charge on any atom is 0.416 e. The molecule has 31 heavy (non-hydrogen) atoms. The largest absolute Gasteiger partial charge is 0.481 e. The molecule has 1 aliphatic rings. The molecule has 1 atom stereocenters. The van der Waals surface area contributed by atoms with Crippen LogP contribution < -0.4 is 4.90 Å². The van der Waals surface area contributed by atoms with E-state index in [0.717, 1.165) is 35.0 Å². The molecular weight excluding hydrogens is 429 g/mol. The SMILES string of the molecule is CSc1c(C)nc2cc(-c3cccc(C(F)(F)F)c3)nn2c1N1CCCC(C(=O)O)C1. The van der Waals surface area contributed by atoms with Crippen LogP contribution >= 0.6 is 11.8 Å². The van der Waals surface area contributed by atoms with Crippen LogP contribution in [0.5, 0.6) is 0 Å². The zero-order valence-electron chi connectivity index (χ0n) is 17.0. The van der Waals surface area contributed by atoms with E-state index in [0.29, 0.717) is 36.4 Å². The van der Waals surface area contributed by atoms with Crippen LogP contribution in [0.15, 0.2) is 35.2 Å². The van der Waals surface area contributed by atoms with Crippen molar-refractivity contribution in [3.05, 3.63) is 41.6 Å². The number of thioether (sulfide) groups is 1. The highest BCUT2D eigenvalue weighted by atomic mass is 32.2. The molecule has 10 heteroatoms. The lowest BCUT2D eigenvalue weighted by Gasteiger charge is -2.33. The number of alkyl halides is 3. The van der Waals surface area contributed by atoms with E-state index in [-0.39, 0.29) is 0 Å². The smallest absolute Gasteiger partial charge is 0.416 e. The molecule has 1 N–H and O–H groups in total. The second-order valence-electron chi connectivity index (χ2n) is 7.56. The van der Waals surface area contributed by atoms with Crippen molar-refractivity contribution in [1.29, 1.82) is 0 Å². The number of aryl methyl sites for hydroxylation is 1. The molecule has 1 unspecified atom stereocenters. The number of aromatic nitrogens is 3. The summed E-state index contributed by atoms with van der Waals surface area (Å²) in [6.07, 6.45) is -1.19. The van der Waals surface area contributed by atoms with Crippen LogP contribution in [0.25, 0.3) is 16.9 Å². The van der Waals surface area contributed by atoms with Gasteiger partial charge in [-0.05, 0) is 38.2 Å². The summed E-state index contributed by atoms with van der Waals surface area (Å²) in [4.78, 5) is 19.0. The van der Waals surface area contributed by atoms with Crippen LogP contribution in [0.1, 0.15) is 24.1 Å². The maximum absolute atomic E-state index is 13.2. The Morgan fingerprint density at radius 3 is 2.74 bits per heavy atom. The Morgan fingerprint density at radius 1 is 1.29 bits per heavy atom. The quantitative estimate of drug-likeness (QED) is 0.579. The van der Waals surface area contributed by atoms with Gasteiger partial charge < -0.3 is 10.0 Å². The Hall–Kier alpha value is -2.75. The van der Waals surface area contributed by atoms with Gasteiger partial charge in [0.2, 0.25) is 0 Å². The number of piperidine rings is 1. The van der Waals surface area contributed by atoms with Crippen LogP contribution in [0.4, 0.5) is 19.0 Å². The van der Waals surface area contributed by atoms with Crippen LogP contribution in [0.2, 0.25) is 0 Å². The van der Waals surface area contributed by atoms with Gasteiger partial charge in [-0.2, -0.15) is 22.8 Å². The van der Waals surface area contributed by atoms with E-state index < -0.39 is 23.6 Å². The number of anilines is 1. The molecule has 164 valence electrons. The van der Waals surface area contributed by atoms with Gasteiger partial charge in [-0.3, -0.25) is 4.79 Å². The molecule has 2 aromatic heterocycles. The summed E-state index contributed by atoms with van der Waals surface area (Å²) >= 11 is 1.49. The maximum atomic E-state index is 13.2. The zero-order chi connectivity index (χ0) is 22.3. The van der Waals surface area contributed by atoms with Gasteiger partial charge in [-0.15, -0.1) is 11.8 Å². The van der Waals surface area contributed by atoms with Gasteiger partial charge in [0.05, 0.1) is 27.8 Å². The fraction of sp³-hybridized carbons (Fsp3) is 0.381. The first-order valence-electron chi connectivity index (χ1n) is 9.79. The van der Waals surface area contributed by atoms with E-state index in [1.54, 1.807) is 16.6 Å². The third-order valence-electron chi connectivity index (χ3n) is 5.47. The first kappa shape index (κ1) is 21.5. The van der Waals surface area contributed by atoms with Crippen LogP contribution in [-0.2, 0) is 11.0 Å². The van der Waals surface area contributed by atoms with Crippen molar-refractivity contribution in [3.63, 3.8) is 0 Å². The Balaban J connectivity index is 1.85. The molecule has 1 aliphatic heterocycles. The predicted octanol–water partition coefficient (Wildman–Crippen LogP) is 4.75. The average Bonchev–Trinajstić information content (AvgIpc) is 3.15. The number of fused-ring (bicyclic) bond motifs is 1. The minimum Gasteiger partial charge on any atom is -0.481 e. The molecule has 0 radical (unpaired) electrons. The van der Waals surface area contributed by atoms with Gasteiger partial charge in [0, 0.05) is 24.7 Å². The Morgan fingerprint density at radius 2 is 2.06 bits per heavy atom. The van der Waals surface area contributed by atoms with E-state index in [4.69, 9.17) is 0 Å². The van der Waals surface area contributed by atoms with Crippen LogP contribution in [0.3, 0.4) is 0 Å². The molecular formula is C21H21F3N4O2S. The summed E-state index contributed by atoms with van der Waals surface area (Å²) in [5.74, 6) is -0.577.